The van der Waals surface area contributed by atoms with Gasteiger partial charge < -0.3 is 0 Å². The van der Waals surface area contributed by atoms with Gasteiger partial charge in [0, 0.05) is 0 Å². The van der Waals surface area contributed by atoms with Crippen LogP contribution in [-0.2, 0) is 4.79 Å². The van der Waals surface area contributed by atoms with Crippen molar-refractivity contribution in [3.8, 4) is 0 Å². The fourth-order valence-corrected chi connectivity index (χ4v) is 13.3. The van der Waals surface area contributed by atoms with Gasteiger partial charge in [-0.05, 0) is 0 Å². The Morgan fingerprint density at radius 3 is 1.29 bits per heavy atom. The summed E-state index contributed by atoms with van der Waals surface area (Å²) in [6, 6.07) is 41.0. The zero-order valence-corrected chi connectivity index (χ0v) is 19.5. The van der Waals surface area contributed by atoms with E-state index in [9.17, 15) is 9.90 Å². The standard InChI is InChI=1S/C27H24BrO2P/c28-31(23-15-7-2-8-16-23,24-17-9-3-10-18-24,25-19-11-4-12-20-25)26(21-27(29)30)22-13-5-1-6-14-22/h1-20,26H,21H2,(H,29,30). The van der Waals surface area contributed by atoms with Crippen molar-refractivity contribution in [3.63, 3.8) is 0 Å². The molecule has 0 aliphatic rings. The first-order valence-electron chi connectivity index (χ1n) is 10.2. The number of aliphatic carboxylic acids is 1. The van der Waals surface area contributed by atoms with Crippen molar-refractivity contribution in [2.75, 3.05) is 0 Å². The van der Waals surface area contributed by atoms with E-state index >= 15 is 0 Å². The predicted molar refractivity (Wildman–Crippen MR) is 136 cm³/mol. The van der Waals surface area contributed by atoms with Crippen LogP contribution < -0.4 is 15.9 Å². The van der Waals surface area contributed by atoms with Crippen LogP contribution in [0.25, 0.3) is 0 Å². The molecule has 4 aromatic rings. The van der Waals surface area contributed by atoms with Crippen molar-refractivity contribution in [2.24, 2.45) is 0 Å². The number of carboxylic acids is 1. The third-order valence-corrected chi connectivity index (χ3v) is 16.7. The normalized spacial score (nSPS) is 13.6. The number of carboxylic acid groups (broad SMARTS) is 1. The third kappa shape index (κ3) is 3.63. The summed E-state index contributed by atoms with van der Waals surface area (Å²) in [4.78, 5) is 12.3. The summed E-state index contributed by atoms with van der Waals surface area (Å²) in [6.07, 6.45) is 0.00572. The topological polar surface area (TPSA) is 37.3 Å². The number of carbonyl (C=O) groups is 1. The summed E-state index contributed by atoms with van der Waals surface area (Å²) >= 11 is 4.42. The molecule has 4 rings (SSSR count). The first kappa shape index (κ1) is 21.5. The zero-order chi connectivity index (χ0) is 21.8. The Hall–Kier alpha value is -2.74. The second-order valence-electron chi connectivity index (χ2n) is 7.60. The molecule has 0 heterocycles. The fraction of sp³-hybridized carbons (Fsp3) is 0.0741. The molecule has 4 aromatic carbocycles. The molecule has 0 spiro atoms. The number of hydrogen-bond acceptors (Lipinski definition) is 1. The average Bonchev–Trinajstić information content (AvgIpc) is 2.84. The first-order chi connectivity index (χ1) is 15.1. The van der Waals surface area contributed by atoms with Gasteiger partial charge in [0.25, 0.3) is 0 Å². The average molecular weight is 491 g/mol. The van der Waals surface area contributed by atoms with E-state index in [-0.39, 0.29) is 12.1 Å². The molecule has 1 atom stereocenters. The van der Waals surface area contributed by atoms with E-state index in [0.29, 0.717) is 0 Å². The van der Waals surface area contributed by atoms with Crippen LogP contribution in [-0.4, -0.2) is 11.1 Å². The summed E-state index contributed by atoms with van der Waals surface area (Å²) in [5, 5.41) is 9.95. The predicted octanol–water partition coefficient (Wildman–Crippen LogP) is 6.04. The third-order valence-electron chi connectivity index (χ3n) is 5.92. The van der Waals surface area contributed by atoms with E-state index in [2.05, 4.69) is 51.9 Å². The van der Waals surface area contributed by atoms with Crippen molar-refractivity contribution in [2.45, 2.75) is 12.1 Å². The van der Waals surface area contributed by atoms with Gasteiger partial charge in [-0.1, -0.05) is 0 Å². The number of rotatable bonds is 7. The van der Waals surface area contributed by atoms with Crippen LogP contribution >= 0.6 is 20.8 Å². The second-order valence-corrected chi connectivity index (χ2v) is 16.3. The molecule has 0 radical (unpaired) electrons. The van der Waals surface area contributed by atoms with Gasteiger partial charge in [-0.2, -0.15) is 0 Å². The summed E-state index contributed by atoms with van der Waals surface area (Å²) in [5.74, 6) is -0.815. The molecule has 0 fully saturated rings. The van der Waals surface area contributed by atoms with E-state index in [1.807, 2.05) is 84.9 Å². The quantitative estimate of drug-likeness (QED) is 0.320. The Morgan fingerprint density at radius 2 is 0.968 bits per heavy atom. The van der Waals surface area contributed by atoms with Crippen LogP contribution in [0.3, 0.4) is 0 Å². The Bertz CT molecular complexity index is 1050. The molecule has 156 valence electrons. The van der Waals surface area contributed by atoms with Gasteiger partial charge in [0.1, 0.15) is 0 Å². The SMILES string of the molecule is O=C(O)CC(c1ccccc1)P(Br)(c1ccccc1)(c1ccccc1)c1ccccc1. The van der Waals surface area contributed by atoms with Gasteiger partial charge in [-0.15, -0.1) is 0 Å². The summed E-state index contributed by atoms with van der Waals surface area (Å²) < 4.78 is 0. The van der Waals surface area contributed by atoms with Crippen molar-refractivity contribution in [1.82, 2.24) is 0 Å². The molecule has 0 bridgehead atoms. The maximum atomic E-state index is 12.3. The summed E-state index contributed by atoms with van der Waals surface area (Å²) in [6.45, 7) is 0. The summed E-state index contributed by atoms with van der Waals surface area (Å²) in [5.41, 5.74) is 0.716. The van der Waals surface area contributed by atoms with Crippen LogP contribution in [0.5, 0.6) is 0 Å². The van der Waals surface area contributed by atoms with Crippen molar-refractivity contribution in [3.05, 3.63) is 127 Å². The molecule has 0 aliphatic carbocycles. The Labute approximate surface area is 191 Å². The minimum atomic E-state index is -3.45. The number of benzene rings is 4. The fourth-order valence-electron chi connectivity index (χ4n) is 4.56. The van der Waals surface area contributed by atoms with E-state index in [4.69, 9.17) is 0 Å². The molecule has 1 N–H and O–H groups in total. The molecule has 31 heavy (non-hydrogen) atoms. The number of halogens is 1. The monoisotopic (exact) mass is 490 g/mol. The molecule has 0 aliphatic heterocycles. The molecule has 0 saturated carbocycles. The van der Waals surface area contributed by atoms with Crippen molar-refractivity contribution >= 4 is 42.7 Å². The molecule has 0 amide bonds. The Kier molecular flexibility index (Phi) is 6.09. The molecule has 0 saturated heterocycles. The van der Waals surface area contributed by atoms with Gasteiger partial charge in [0.05, 0.1) is 0 Å². The van der Waals surface area contributed by atoms with Crippen LogP contribution in [0.1, 0.15) is 17.6 Å². The maximum absolute atomic E-state index is 12.3. The van der Waals surface area contributed by atoms with Crippen LogP contribution in [0.2, 0.25) is 0 Å². The Morgan fingerprint density at radius 1 is 0.645 bits per heavy atom. The molecular weight excluding hydrogens is 467 g/mol. The molecule has 1 unspecified atom stereocenters. The van der Waals surface area contributed by atoms with Gasteiger partial charge >= 0.3 is 192 Å². The van der Waals surface area contributed by atoms with Gasteiger partial charge in [0.15, 0.2) is 0 Å². The van der Waals surface area contributed by atoms with Crippen LogP contribution in [0.4, 0.5) is 0 Å². The zero-order valence-electron chi connectivity index (χ0n) is 17.0. The van der Waals surface area contributed by atoms with Gasteiger partial charge in [-0.3, -0.25) is 0 Å². The van der Waals surface area contributed by atoms with Crippen molar-refractivity contribution in [1.29, 1.82) is 0 Å². The van der Waals surface area contributed by atoms with Gasteiger partial charge in [-0.25, -0.2) is 0 Å². The molecule has 2 nitrogen and oxygen atoms in total. The van der Waals surface area contributed by atoms with E-state index in [1.165, 1.54) is 0 Å². The summed E-state index contributed by atoms with van der Waals surface area (Å²) in [7, 11) is 0. The van der Waals surface area contributed by atoms with Gasteiger partial charge in [0.2, 0.25) is 0 Å². The first-order valence-corrected chi connectivity index (χ1v) is 14.5. The molecule has 0 aromatic heterocycles. The van der Waals surface area contributed by atoms with Crippen molar-refractivity contribution < 1.29 is 9.90 Å². The Balaban J connectivity index is 2.20. The van der Waals surface area contributed by atoms with E-state index in [0.717, 1.165) is 21.5 Å². The van der Waals surface area contributed by atoms with Crippen LogP contribution in [0.15, 0.2) is 121 Å². The number of hydrogen-bond donors (Lipinski definition) is 1. The van der Waals surface area contributed by atoms with E-state index in [1.54, 1.807) is 0 Å². The van der Waals surface area contributed by atoms with E-state index < -0.39 is 11.3 Å². The molecule has 4 heteroatoms. The second kappa shape index (κ2) is 8.78. The molecular formula is C27H24BrO2P. The van der Waals surface area contributed by atoms with Crippen LogP contribution in [0, 0.1) is 0 Å². The minimum absolute atomic E-state index is 0.00572.